The maximum absolute atomic E-state index is 13.4. The molecule has 0 spiro atoms. The Hall–Kier alpha value is -2.44. The summed E-state index contributed by atoms with van der Waals surface area (Å²) >= 11 is 0. The molecule has 5 nitrogen and oxygen atoms in total. The molecule has 148 valence electrons. The van der Waals surface area contributed by atoms with Gasteiger partial charge in [0.1, 0.15) is 5.82 Å². The molecule has 6 heteroatoms. The van der Waals surface area contributed by atoms with Gasteiger partial charge in [0, 0.05) is 37.1 Å². The zero-order valence-corrected chi connectivity index (χ0v) is 15.9. The standard InChI is InChI=1S/C22H26FN3O2/c23-18-3-1-2-17(14-18)15-26(21-8-9-21)16-22(27)24-19-4-6-20(7-5-19)25-10-12-28-13-11-25/h1-7,14,21H,8-13,15-16H2,(H,24,27). The van der Waals surface area contributed by atoms with Gasteiger partial charge in [0.15, 0.2) is 0 Å². The van der Waals surface area contributed by atoms with E-state index in [0.717, 1.165) is 56.1 Å². The normalized spacial score (nSPS) is 17.0. The average Bonchev–Trinajstić information content (AvgIpc) is 3.54. The summed E-state index contributed by atoms with van der Waals surface area (Å²) in [5.41, 5.74) is 2.84. The van der Waals surface area contributed by atoms with Gasteiger partial charge in [0.05, 0.1) is 19.8 Å². The van der Waals surface area contributed by atoms with Crippen LogP contribution in [-0.4, -0.2) is 49.7 Å². The Kier molecular flexibility index (Phi) is 5.88. The van der Waals surface area contributed by atoms with Gasteiger partial charge in [-0.1, -0.05) is 12.1 Å². The average molecular weight is 383 g/mol. The minimum Gasteiger partial charge on any atom is -0.378 e. The van der Waals surface area contributed by atoms with Gasteiger partial charge >= 0.3 is 0 Å². The van der Waals surface area contributed by atoms with Crippen molar-refractivity contribution in [2.45, 2.75) is 25.4 Å². The first-order valence-corrected chi connectivity index (χ1v) is 9.88. The molecule has 4 rings (SSSR count). The molecule has 1 saturated heterocycles. The van der Waals surface area contributed by atoms with Crippen LogP contribution < -0.4 is 10.2 Å². The van der Waals surface area contributed by atoms with Crippen LogP contribution in [0.5, 0.6) is 0 Å². The van der Waals surface area contributed by atoms with Crippen molar-refractivity contribution in [1.29, 1.82) is 0 Å². The van der Waals surface area contributed by atoms with Gasteiger partial charge in [0.2, 0.25) is 5.91 Å². The van der Waals surface area contributed by atoms with Crippen LogP contribution in [-0.2, 0) is 16.1 Å². The first-order chi connectivity index (χ1) is 13.7. The fourth-order valence-electron chi connectivity index (χ4n) is 3.59. The van der Waals surface area contributed by atoms with E-state index in [2.05, 4.69) is 15.1 Å². The van der Waals surface area contributed by atoms with E-state index >= 15 is 0 Å². The molecule has 1 N–H and O–H groups in total. The van der Waals surface area contributed by atoms with Crippen LogP contribution in [0.15, 0.2) is 48.5 Å². The summed E-state index contributed by atoms with van der Waals surface area (Å²) in [6.07, 6.45) is 2.19. The summed E-state index contributed by atoms with van der Waals surface area (Å²) in [4.78, 5) is 17.0. The van der Waals surface area contributed by atoms with E-state index in [1.54, 1.807) is 6.07 Å². The number of halogens is 1. The van der Waals surface area contributed by atoms with Crippen LogP contribution in [0.3, 0.4) is 0 Å². The highest BCUT2D eigenvalue weighted by Crippen LogP contribution is 2.28. The van der Waals surface area contributed by atoms with Crippen LogP contribution in [0.2, 0.25) is 0 Å². The highest BCUT2D eigenvalue weighted by atomic mass is 19.1. The van der Waals surface area contributed by atoms with E-state index in [9.17, 15) is 9.18 Å². The Morgan fingerprint density at radius 1 is 1.14 bits per heavy atom. The Balaban J connectivity index is 1.33. The van der Waals surface area contributed by atoms with Crippen molar-refractivity contribution in [2.24, 2.45) is 0 Å². The Labute approximate surface area is 165 Å². The second-order valence-corrected chi connectivity index (χ2v) is 7.46. The van der Waals surface area contributed by atoms with Gasteiger partial charge in [-0.3, -0.25) is 9.69 Å². The first kappa shape index (κ1) is 18.9. The topological polar surface area (TPSA) is 44.8 Å². The van der Waals surface area contributed by atoms with E-state index in [4.69, 9.17) is 4.74 Å². The zero-order chi connectivity index (χ0) is 19.3. The summed E-state index contributed by atoms with van der Waals surface area (Å²) in [7, 11) is 0. The van der Waals surface area contributed by atoms with E-state index < -0.39 is 0 Å². The zero-order valence-electron chi connectivity index (χ0n) is 15.9. The van der Waals surface area contributed by atoms with Crippen LogP contribution in [0.1, 0.15) is 18.4 Å². The molecule has 1 aliphatic heterocycles. The van der Waals surface area contributed by atoms with Crippen molar-refractivity contribution in [2.75, 3.05) is 43.1 Å². The number of rotatable bonds is 7. The molecule has 1 saturated carbocycles. The minimum atomic E-state index is -0.238. The predicted molar refractivity (Wildman–Crippen MR) is 108 cm³/mol. The van der Waals surface area contributed by atoms with Crippen molar-refractivity contribution in [3.63, 3.8) is 0 Å². The molecular weight excluding hydrogens is 357 g/mol. The third kappa shape index (κ3) is 5.09. The second-order valence-electron chi connectivity index (χ2n) is 7.46. The van der Waals surface area contributed by atoms with Crippen LogP contribution in [0, 0.1) is 5.82 Å². The molecule has 0 unspecified atom stereocenters. The first-order valence-electron chi connectivity index (χ1n) is 9.88. The quantitative estimate of drug-likeness (QED) is 0.797. The number of anilines is 2. The summed E-state index contributed by atoms with van der Waals surface area (Å²) < 4.78 is 18.8. The minimum absolute atomic E-state index is 0.0394. The number of amides is 1. The van der Waals surface area contributed by atoms with Gasteiger partial charge in [-0.25, -0.2) is 4.39 Å². The van der Waals surface area contributed by atoms with Crippen molar-refractivity contribution < 1.29 is 13.9 Å². The van der Waals surface area contributed by atoms with Crippen LogP contribution in [0.4, 0.5) is 15.8 Å². The van der Waals surface area contributed by atoms with Crippen molar-refractivity contribution in [1.82, 2.24) is 4.90 Å². The monoisotopic (exact) mass is 383 g/mol. The Bertz CT molecular complexity index is 802. The molecule has 2 fully saturated rings. The SMILES string of the molecule is O=C(CN(Cc1cccc(F)c1)C1CC1)Nc1ccc(N2CCOCC2)cc1. The molecule has 0 bridgehead atoms. The third-order valence-electron chi connectivity index (χ3n) is 5.21. The maximum atomic E-state index is 13.4. The summed E-state index contributed by atoms with van der Waals surface area (Å²) in [5, 5.41) is 2.98. The van der Waals surface area contributed by atoms with Crippen molar-refractivity contribution in [3.05, 3.63) is 59.9 Å². The van der Waals surface area contributed by atoms with E-state index in [1.165, 1.54) is 12.1 Å². The number of carbonyl (C=O) groups is 1. The highest BCUT2D eigenvalue weighted by Gasteiger charge is 2.30. The van der Waals surface area contributed by atoms with Crippen LogP contribution >= 0.6 is 0 Å². The van der Waals surface area contributed by atoms with Gasteiger partial charge in [-0.05, 0) is 54.8 Å². The smallest absolute Gasteiger partial charge is 0.238 e. The molecule has 1 aliphatic carbocycles. The lowest BCUT2D eigenvalue weighted by atomic mass is 10.2. The summed E-state index contributed by atoms with van der Waals surface area (Å²) in [6.45, 7) is 4.18. The highest BCUT2D eigenvalue weighted by molar-refractivity contribution is 5.92. The van der Waals surface area contributed by atoms with Crippen molar-refractivity contribution >= 4 is 17.3 Å². The molecule has 0 atom stereocenters. The van der Waals surface area contributed by atoms with E-state index in [-0.39, 0.29) is 11.7 Å². The lowest BCUT2D eigenvalue weighted by Crippen LogP contribution is -2.36. The fourth-order valence-corrected chi connectivity index (χ4v) is 3.59. The number of morpholine rings is 1. The second kappa shape index (κ2) is 8.71. The van der Waals surface area contributed by atoms with Gasteiger partial charge in [0.25, 0.3) is 0 Å². The molecule has 1 amide bonds. The number of benzene rings is 2. The Morgan fingerprint density at radius 2 is 1.89 bits per heavy atom. The molecule has 2 aliphatic rings. The van der Waals surface area contributed by atoms with E-state index in [0.29, 0.717) is 19.1 Å². The summed E-state index contributed by atoms with van der Waals surface area (Å²) in [5.74, 6) is -0.277. The molecule has 0 radical (unpaired) electrons. The van der Waals surface area contributed by atoms with Gasteiger partial charge < -0.3 is 15.0 Å². The number of hydrogen-bond acceptors (Lipinski definition) is 4. The predicted octanol–water partition coefficient (Wildman–Crippen LogP) is 3.27. The van der Waals surface area contributed by atoms with E-state index in [1.807, 2.05) is 30.3 Å². The fraction of sp³-hybridized carbons (Fsp3) is 0.409. The molecular formula is C22H26FN3O2. The number of ether oxygens (including phenoxy) is 1. The summed E-state index contributed by atoms with van der Waals surface area (Å²) in [6, 6.07) is 15.0. The van der Waals surface area contributed by atoms with Gasteiger partial charge in [-0.15, -0.1) is 0 Å². The molecule has 2 aromatic rings. The Morgan fingerprint density at radius 3 is 2.57 bits per heavy atom. The van der Waals surface area contributed by atoms with Crippen molar-refractivity contribution in [3.8, 4) is 0 Å². The van der Waals surface area contributed by atoms with Crippen LogP contribution in [0.25, 0.3) is 0 Å². The third-order valence-corrected chi connectivity index (χ3v) is 5.21. The molecule has 1 heterocycles. The molecule has 28 heavy (non-hydrogen) atoms. The lowest BCUT2D eigenvalue weighted by molar-refractivity contribution is -0.117. The number of nitrogens with zero attached hydrogens (tertiary/aromatic N) is 2. The number of carbonyl (C=O) groups excluding carboxylic acids is 1. The molecule has 0 aromatic heterocycles. The maximum Gasteiger partial charge on any atom is 0.238 e. The largest absolute Gasteiger partial charge is 0.378 e. The lowest BCUT2D eigenvalue weighted by Gasteiger charge is -2.29. The number of hydrogen-bond donors (Lipinski definition) is 1. The van der Waals surface area contributed by atoms with Gasteiger partial charge in [-0.2, -0.15) is 0 Å². The molecule has 2 aromatic carbocycles. The number of nitrogens with one attached hydrogen (secondary N) is 1.